The molecule has 2 heterocycles. The van der Waals surface area contributed by atoms with E-state index in [-0.39, 0.29) is 24.0 Å². The standard InChI is InChI=1S/C15H30N4O2.HI/c1-2-19-8-3-5-13(19)11-18-15(16)17-7-4-9-21-14-6-10-20-12-14;/h13-14H,2-12H2,1H3,(H3,16,17,18);1H. The molecule has 0 aliphatic carbocycles. The van der Waals surface area contributed by atoms with Gasteiger partial charge in [-0.05, 0) is 38.8 Å². The maximum atomic E-state index is 5.90. The fourth-order valence-electron chi connectivity index (χ4n) is 2.96. The summed E-state index contributed by atoms with van der Waals surface area (Å²) in [4.78, 5) is 6.94. The summed E-state index contributed by atoms with van der Waals surface area (Å²) in [5.41, 5.74) is 5.90. The van der Waals surface area contributed by atoms with Gasteiger partial charge < -0.3 is 20.5 Å². The lowest BCUT2D eigenvalue weighted by Crippen LogP contribution is -2.36. The number of nitrogens with two attached hydrogens (primary N) is 1. The number of rotatable bonds is 8. The Labute approximate surface area is 151 Å². The Hall–Kier alpha value is -0.120. The first-order chi connectivity index (χ1) is 10.3. The number of aliphatic imine (C=N–C) groups is 1. The number of nitrogens with zero attached hydrogens (tertiary/aromatic N) is 2. The molecule has 7 heteroatoms. The molecule has 0 aromatic carbocycles. The van der Waals surface area contributed by atoms with E-state index in [1.54, 1.807) is 0 Å². The molecule has 0 saturated carbocycles. The van der Waals surface area contributed by atoms with Crippen LogP contribution >= 0.6 is 24.0 Å². The molecule has 0 radical (unpaired) electrons. The third kappa shape index (κ3) is 6.97. The van der Waals surface area contributed by atoms with E-state index in [0.29, 0.717) is 18.1 Å². The summed E-state index contributed by atoms with van der Waals surface area (Å²) < 4.78 is 11.0. The second kappa shape index (κ2) is 11.4. The predicted octanol–water partition coefficient (Wildman–Crippen LogP) is 1.19. The number of halogens is 1. The predicted molar refractivity (Wildman–Crippen MR) is 100.0 cm³/mol. The minimum Gasteiger partial charge on any atom is -0.379 e. The summed E-state index contributed by atoms with van der Waals surface area (Å²) in [7, 11) is 0. The lowest BCUT2D eigenvalue weighted by Gasteiger charge is -2.21. The SMILES string of the molecule is CCN1CCCC1CN=C(N)NCCCOC1CCOC1.I. The van der Waals surface area contributed by atoms with E-state index < -0.39 is 0 Å². The Bertz CT molecular complexity index is 325. The first-order valence-corrected chi connectivity index (χ1v) is 8.26. The van der Waals surface area contributed by atoms with E-state index in [4.69, 9.17) is 15.2 Å². The molecule has 6 nitrogen and oxygen atoms in total. The molecule has 2 aliphatic rings. The number of hydrogen-bond donors (Lipinski definition) is 2. The van der Waals surface area contributed by atoms with Crippen LogP contribution in [0.2, 0.25) is 0 Å². The van der Waals surface area contributed by atoms with Crippen molar-refractivity contribution in [2.45, 2.75) is 44.8 Å². The van der Waals surface area contributed by atoms with Crippen molar-refractivity contribution in [1.82, 2.24) is 10.2 Å². The van der Waals surface area contributed by atoms with Gasteiger partial charge in [-0.1, -0.05) is 6.92 Å². The number of guanidine groups is 1. The maximum Gasteiger partial charge on any atom is 0.188 e. The summed E-state index contributed by atoms with van der Waals surface area (Å²) in [6.07, 6.45) is 4.77. The van der Waals surface area contributed by atoms with Gasteiger partial charge in [-0.2, -0.15) is 0 Å². The van der Waals surface area contributed by atoms with Crippen molar-refractivity contribution in [3.8, 4) is 0 Å². The van der Waals surface area contributed by atoms with Crippen molar-refractivity contribution < 1.29 is 9.47 Å². The topological polar surface area (TPSA) is 72.1 Å². The minimum absolute atomic E-state index is 0. The molecule has 2 atom stereocenters. The highest BCUT2D eigenvalue weighted by molar-refractivity contribution is 14.0. The maximum absolute atomic E-state index is 5.90. The van der Waals surface area contributed by atoms with E-state index in [1.165, 1.54) is 19.4 Å². The summed E-state index contributed by atoms with van der Waals surface area (Å²) in [5, 5.41) is 3.16. The van der Waals surface area contributed by atoms with Crippen LogP contribution in [0.15, 0.2) is 4.99 Å². The van der Waals surface area contributed by atoms with Crippen LogP contribution in [0.25, 0.3) is 0 Å². The van der Waals surface area contributed by atoms with E-state index in [0.717, 1.165) is 52.3 Å². The second-order valence-electron chi connectivity index (χ2n) is 5.79. The van der Waals surface area contributed by atoms with E-state index in [1.807, 2.05) is 0 Å². The molecule has 3 N–H and O–H groups in total. The van der Waals surface area contributed by atoms with Crippen molar-refractivity contribution in [2.75, 3.05) is 46.0 Å². The third-order valence-corrected chi connectivity index (χ3v) is 4.25. The number of nitrogens with one attached hydrogen (secondary N) is 1. The van der Waals surface area contributed by atoms with Gasteiger partial charge in [0, 0.05) is 25.8 Å². The lowest BCUT2D eigenvalue weighted by molar-refractivity contribution is 0.0420. The van der Waals surface area contributed by atoms with Gasteiger partial charge in [0.15, 0.2) is 5.96 Å². The van der Waals surface area contributed by atoms with Crippen LogP contribution < -0.4 is 11.1 Å². The summed E-state index contributed by atoms with van der Waals surface area (Å²) in [6.45, 7) is 8.46. The third-order valence-electron chi connectivity index (χ3n) is 4.25. The lowest BCUT2D eigenvalue weighted by atomic mass is 10.2. The average molecular weight is 426 g/mol. The molecule has 2 fully saturated rings. The minimum atomic E-state index is 0. The van der Waals surface area contributed by atoms with Gasteiger partial charge in [0.1, 0.15) is 0 Å². The molecule has 0 spiro atoms. The van der Waals surface area contributed by atoms with Crippen molar-refractivity contribution in [1.29, 1.82) is 0 Å². The van der Waals surface area contributed by atoms with Crippen LogP contribution in [0, 0.1) is 0 Å². The number of likely N-dealkylation sites (N-methyl/N-ethyl adjacent to an activating group) is 1. The van der Waals surface area contributed by atoms with Crippen LogP contribution in [0.5, 0.6) is 0 Å². The zero-order chi connectivity index (χ0) is 14.9. The first kappa shape index (κ1) is 19.9. The van der Waals surface area contributed by atoms with Crippen molar-refractivity contribution in [3.63, 3.8) is 0 Å². The molecule has 22 heavy (non-hydrogen) atoms. The molecule has 2 unspecified atom stereocenters. The Morgan fingerprint density at radius 2 is 2.32 bits per heavy atom. The highest BCUT2D eigenvalue weighted by atomic mass is 127. The van der Waals surface area contributed by atoms with Crippen molar-refractivity contribution in [2.24, 2.45) is 10.7 Å². The second-order valence-corrected chi connectivity index (χ2v) is 5.79. The van der Waals surface area contributed by atoms with E-state index in [9.17, 15) is 0 Å². The number of ether oxygens (including phenoxy) is 2. The van der Waals surface area contributed by atoms with Gasteiger partial charge in [-0.15, -0.1) is 24.0 Å². The van der Waals surface area contributed by atoms with Gasteiger partial charge in [-0.3, -0.25) is 9.89 Å². The number of hydrogen-bond acceptors (Lipinski definition) is 4. The molecular formula is C15H31IN4O2. The van der Waals surface area contributed by atoms with Crippen LogP contribution in [-0.2, 0) is 9.47 Å². The summed E-state index contributed by atoms with van der Waals surface area (Å²) in [6, 6.07) is 0.570. The Morgan fingerprint density at radius 1 is 1.45 bits per heavy atom. The molecule has 130 valence electrons. The largest absolute Gasteiger partial charge is 0.379 e. The van der Waals surface area contributed by atoms with Crippen LogP contribution in [0.3, 0.4) is 0 Å². The molecule has 0 bridgehead atoms. The van der Waals surface area contributed by atoms with Gasteiger partial charge in [0.2, 0.25) is 0 Å². The monoisotopic (exact) mass is 426 g/mol. The van der Waals surface area contributed by atoms with E-state index >= 15 is 0 Å². The number of likely N-dealkylation sites (tertiary alicyclic amines) is 1. The normalized spacial score (nSPS) is 26.1. The van der Waals surface area contributed by atoms with Gasteiger partial charge in [0.05, 0.1) is 19.3 Å². The van der Waals surface area contributed by atoms with Crippen LogP contribution in [0.1, 0.15) is 32.6 Å². The molecule has 0 aromatic heterocycles. The Kier molecular flexibility index (Phi) is 10.3. The van der Waals surface area contributed by atoms with Gasteiger partial charge in [0.25, 0.3) is 0 Å². The molecular weight excluding hydrogens is 395 g/mol. The fourth-order valence-corrected chi connectivity index (χ4v) is 2.96. The Morgan fingerprint density at radius 3 is 3.05 bits per heavy atom. The molecule has 2 aliphatic heterocycles. The molecule has 0 aromatic rings. The van der Waals surface area contributed by atoms with Gasteiger partial charge in [-0.25, -0.2) is 0 Å². The van der Waals surface area contributed by atoms with E-state index in [2.05, 4.69) is 22.1 Å². The average Bonchev–Trinajstić information content (AvgIpc) is 3.15. The summed E-state index contributed by atoms with van der Waals surface area (Å²) >= 11 is 0. The first-order valence-electron chi connectivity index (χ1n) is 8.26. The van der Waals surface area contributed by atoms with Crippen molar-refractivity contribution in [3.05, 3.63) is 0 Å². The van der Waals surface area contributed by atoms with Gasteiger partial charge >= 0.3 is 0 Å². The molecule has 2 saturated heterocycles. The highest BCUT2D eigenvalue weighted by Crippen LogP contribution is 2.16. The summed E-state index contributed by atoms with van der Waals surface area (Å²) in [5.74, 6) is 0.558. The van der Waals surface area contributed by atoms with Crippen LogP contribution in [0.4, 0.5) is 0 Å². The quantitative estimate of drug-likeness (QED) is 0.264. The van der Waals surface area contributed by atoms with Crippen LogP contribution in [-0.4, -0.2) is 69.0 Å². The zero-order valence-electron chi connectivity index (χ0n) is 13.6. The van der Waals surface area contributed by atoms with Crippen molar-refractivity contribution >= 4 is 29.9 Å². The molecule has 2 rings (SSSR count). The molecule has 0 amide bonds. The Balaban J connectivity index is 0.00000242. The highest BCUT2D eigenvalue weighted by Gasteiger charge is 2.22. The fraction of sp³-hybridized carbons (Fsp3) is 0.933. The smallest absolute Gasteiger partial charge is 0.188 e. The zero-order valence-corrected chi connectivity index (χ0v) is 16.0.